The number of nitrogens with one attached hydrogen (secondary N) is 1. The predicted octanol–water partition coefficient (Wildman–Crippen LogP) is 4.62. The smallest absolute Gasteiger partial charge is 0.340 e. The molecule has 3 heterocycles. The number of fused-ring (bicyclic) bond motifs is 3. The van der Waals surface area contributed by atoms with Gasteiger partial charge in [0.15, 0.2) is 10.9 Å². The number of carbonyl (C=O) groups excluding carboxylic acids is 2. The molecule has 0 unspecified atom stereocenters. The first-order valence-electron chi connectivity index (χ1n) is 11.1. The highest BCUT2D eigenvalue weighted by Gasteiger charge is 2.25. The van der Waals surface area contributed by atoms with E-state index in [9.17, 15) is 14.4 Å². The molecule has 0 fully saturated rings. The van der Waals surface area contributed by atoms with E-state index < -0.39 is 5.97 Å². The molecule has 4 rings (SSSR count). The molecule has 0 saturated heterocycles. The van der Waals surface area contributed by atoms with Crippen molar-refractivity contribution in [1.82, 2.24) is 14.5 Å². The van der Waals surface area contributed by atoms with Crippen molar-refractivity contribution in [1.29, 1.82) is 0 Å². The minimum Gasteiger partial charge on any atom is -0.462 e. The van der Waals surface area contributed by atoms with Gasteiger partial charge < -0.3 is 9.72 Å². The summed E-state index contributed by atoms with van der Waals surface area (Å²) in [4.78, 5) is 48.4. The highest BCUT2D eigenvalue weighted by atomic mass is 32.2. The molecule has 0 aromatic carbocycles. The molecule has 0 radical (unpaired) electrons. The van der Waals surface area contributed by atoms with Crippen molar-refractivity contribution >= 4 is 45.1 Å². The van der Waals surface area contributed by atoms with E-state index in [-0.39, 0.29) is 23.7 Å². The molecule has 3 aromatic heterocycles. The number of aromatic nitrogens is 3. The van der Waals surface area contributed by atoms with Crippen LogP contribution in [-0.2, 0) is 24.1 Å². The van der Waals surface area contributed by atoms with Crippen molar-refractivity contribution in [3.63, 3.8) is 0 Å². The summed E-state index contributed by atoms with van der Waals surface area (Å²) in [6.07, 6.45) is 5.81. The summed E-state index contributed by atoms with van der Waals surface area (Å²) in [7, 11) is 0. The minimum atomic E-state index is -0.441. The van der Waals surface area contributed by atoms with Crippen molar-refractivity contribution in [2.75, 3.05) is 12.4 Å². The van der Waals surface area contributed by atoms with Crippen LogP contribution in [0.3, 0.4) is 0 Å². The lowest BCUT2D eigenvalue weighted by atomic mass is 9.97. The molecule has 0 aliphatic heterocycles. The molecule has 1 aliphatic carbocycles. The number of thioether (sulfide) groups is 1. The van der Waals surface area contributed by atoms with Crippen LogP contribution in [-0.4, -0.2) is 38.6 Å². The van der Waals surface area contributed by atoms with Crippen LogP contribution in [0.25, 0.3) is 10.2 Å². The average Bonchev–Trinajstić information content (AvgIpc) is 3.31. The Morgan fingerprint density at radius 3 is 2.79 bits per heavy atom. The summed E-state index contributed by atoms with van der Waals surface area (Å²) >= 11 is 2.83. The summed E-state index contributed by atoms with van der Waals surface area (Å²) in [6.45, 7) is 9.61. The van der Waals surface area contributed by atoms with Gasteiger partial charge in [-0.2, -0.15) is 0 Å². The normalized spacial score (nSPS) is 13.2. The number of aryl methyl sites for hydroxylation is 3. The third kappa shape index (κ3) is 4.31. The predicted molar refractivity (Wildman–Crippen MR) is 132 cm³/mol. The molecule has 3 aromatic rings. The number of allylic oxidation sites excluding steroid dienone is 1. The lowest BCUT2D eigenvalue weighted by Crippen LogP contribution is -2.23. The van der Waals surface area contributed by atoms with Gasteiger partial charge in [-0.25, -0.2) is 9.78 Å². The fourth-order valence-corrected chi connectivity index (χ4v) is 6.54. The maximum atomic E-state index is 13.4. The topological polar surface area (TPSA) is 94.1 Å². The van der Waals surface area contributed by atoms with Gasteiger partial charge in [-0.15, -0.1) is 17.9 Å². The van der Waals surface area contributed by atoms with Gasteiger partial charge in [0.25, 0.3) is 5.56 Å². The molecule has 0 spiro atoms. The Hall–Kier alpha value is -2.65. The Labute approximate surface area is 200 Å². The van der Waals surface area contributed by atoms with Crippen LogP contribution in [0.4, 0.5) is 0 Å². The summed E-state index contributed by atoms with van der Waals surface area (Å²) in [5, 5.41) is 1.23. The number of ether oxygens (including phenoxy) is 1. The van der Waals surface area contributed by atoms with E-state index in [1.807, 2.05) is 0 Å². The van der Waals surface area contributed by atoms with Crippen LogP contribution < -0.4 is 5.56 Å². The fraction of sp³-hybridized carbons (Fsp3) is 0.417. The summed E-state index contributed by atoms with van der Waals surface area (Å²) < 4.78 is 6.71. The third-order valence-corrected chi connectivity index (χ3v) is 8.04. The van der Waals surface area contributed by atoms with E-state index in [2.05, 4.69) is 11.6 Å². The first-order chi connectivity index (χ1) is 15.9. The number of ketones is 1. The monoisotopic (exact) mass is 485 g/mol. The van der Waals surface area contributed by atoms with E-state index >= 15 is 0 Å². The molecular formula is C24H27N3O4S2. The van der Waals surface area contributed by atoms with E-state index in [0.29, 0.717) is 34.2 Å². The number of rotatable bonds is 8. The summed E-state index contributed by atoms with van der Waals surface area (Å²) in [5.41, 5.74) is 3.05. The van der Waals surface area contributed by atoms with Gasteiger partial charge in [-0.05, 0) is 57.6 Å². The molecular weight excluding hydrogens is 458 g/mol. The number of H-pyrrole nitrogens is 1. The zero-order valence-corrected chi connectivity index (χ0v) is 20.7. The number of thiophene rings is 1. The number of carbonyl (C=O) groups is 2. The van der Waals surface area contributed by atoms with Gasteiger partial charge in [0.05, 0.1) is 29.0 Å². The van der Waals surface area contributed by atoms with E-state index in [1.165, 1.54) is 16.6 Å². The van der Waals surface area contributed by atoms with Gasteiger partial charge >= 0.3 is 5.97 Å². The van der Waals surface area contributed by atoms with E-state index in [4.69, 9.17) is 9.72 Å². The Morgan fingerprint density at radius 1 is 1.30 bits per heavy atom. The molecule has 174 valence electrons. The van der Waals surface area contributed by atoms with Crippen LogP contribution in [0.2, 0.25) is 0 Å². The standard InChI is InChI=1S/C24H27N3O4S2/c1-5-11-27-22(29)19-15-9-7-8-10-17(15)33-21(19)26-24(27)32-12-16(28)20-13(3)18(14(4)25-20)23(30)31-6-2/h5,25H,1,6-12H2,2-4H3. The Balaban J connectivity index is 1.64. The number of Topliss-reactive ketones (excluding diaryl/α,β-unsaturated/α-hetero) is 1. The maximum absolute atomic E-state index is 13.4. The van der Waals surface area contributed by atoms with Gasteiger partial charge in [-0.1, -0.05) is 17.8 Å². The van der Waals surface area contributed by atoms with Crippen molar-refractivity contribution in [3.05, 3.63) is 56.0 Å². The zero-order chi connectivity index (χ0) is 23.7. The summed E-state index contributed by atoms with van der Waals surface area (Å²) in [5.74, 6) is -0.520. The average molecular weight is 486 g/mol. The molecule has 9 heteroatoms. The molecule has 33 heavy (non-hydrogen) atoms. The SMILES string of the molecule is C=CCn1c(SCC(=O)c2[nH]c(C)c(C(=O)OCC)c2C)nc2sc3c(c2c1=O)CCCC3. The third-order valence-electron chi connectivity index (χ3n) is 5.88. The quantitative estimate of drug-likeness (QED) is 0.165. The number of hydrogen-bond acceptors (Lipinski definition) is 7. The molecule has 0 saturated carbocycles. The molecule has 0 atom stereocenters. The first kappa shape index (κ1) is 23.5. The second kappa shape index (κ2) is 9.69. The number of esters is 1. The molecule has 0 amide bonds. The minimum absolute atomic E-state index is 0.0641. The van der Waals surface area contributed by atoms with E-state index in [0.717, 1.165) is 41.5 Å². The fourth-order valence-electron chi connectivity index (χ4n) is 4.36. The Morgan fingerprint density at radius 2 is 2.06 bits per heavy atom. The zero-order valence-electron chi connectivity index (χ0n) is 19.1. The highest BCUT2D eigenvalue weighted by Crippen LogP contribution is 2.35. The van der Waals surface area contributed by atoms with Crippen LogP contribution in [0, 0.1) is 13.8 Å². The molecule has 7 nitrogen and oxygen atoms in total. The molecule has 1 aliphatic rings. The first-order valence-corrected chi connectivity index (χ1v) is 12.9. The van der Waals surface area contributed by atoms with Crippen molar-refractivity contribution in [2.45, 2.75) is 58.2 Å². The molecule has 1 N–H and O–H groups in total. The lowest BCUT2D eigenvalue weighted by molar-refractivity contribution is 0.0525. The largest absolute Gasteiger partial charge is 0.462 e. The lowest BCUT2D eigenvalue weighted by Gasteiger charge is -2.12. The van der Waals surface area contributed by atoms with Gasteiger partial charge in [0.1, 0.15) is 4.83 Å². The van der Waals surface area contributed by atoms with Crippen molar-refractivity contribution < 1.29 is 14.3 Å². The van der Waals surface area contributed by atoms with Crippen LogP contribution >= 0.6 is 23.1 Å². The van der Waals surface area contributed by atoms with Gasteiger partial charge in [0.2, 0.25) is 0 Å². The second-order valence-corrected chi connectivity index (χ2v) is 10.1. The van der Waals surface area contributed by atoms with Gasteiger partial charge in [0, 0.05) is 17.1 Å². The number of aromatic amines is 1. The molecule has 0 bridgehead atoms. The van der Waals surface area contributed by atoms with Crippen LogP contribution in [0.1, 0.15) is 62.3 Å². The number of nitrogens with zero attached hydrogens (tertiary/aromatic N) is 2. The van der Waals surface area contributed by atoms with Crippen LogP contribution in [0.5, 0.6) is 0 Å². The number of hydrogen-bond donors (Lipinski definition) is 1. The van der Waals surface area contributed by atoms with Crippen molar-refractivity contribution in [3.8, 4) is 0 Å². The van der Waals surface area contributed by atoms with Gasteiger partial charge in [-0.3, -0.25) is 14.2 Å². The maximum Gasteiger partial charge on any atom is 0.340 e. The summed E-state index contributed by atoms with van der Waals surface area (Å²) in [6, 6.07) is 0. The Bertz CT molecular complexity index is 1320. The Kier molecular flexibility index (Phi) is 6.90. The second-order valence-electron chi connectivity index (χ2n) is 8.05. The highest BCUT2D eigenvalue weighted by molar-refractivity contribution is 7.99. The van der Waals surface area contributed by atoms with E-state index in [1.54, 1.807) is 42.8 Å². The van der Waals surface area contributed by atoms with Crippen molar-refractivity contribution in [2.24, 2.45) is 0 Å². The van der Waals surface area contributed by atoms with Crippen LogP contribution in [0.15, 0.2) is 22.6 Å².